The Morgan fingerprint density at radius 1 is 0.571 bits per heavy atom. The summed E-state index contributed by atoms with van der Waals surface area (Å²) in [6.45, 7) is 1.99. The third-order valence-corrected chi connectivity index (χ3v) is 3.95. The van der Waals surface area contributed by atoms with E-state index in [1.54, 1.807) is 0 Å². The highest BCUT2D eigenvalue weighted by Crippen LogP contribution is 2.27. The lowest BCUT2D eigenvalue weighted by molar-refractivity contribution is 1.08. The standard InChI is InChI=1S/C20H17Cl/c1-15(21)16-7-9-19(10-8-16)20-13-11-18(12-14-20)17-5-3-2-4-6-17/h2-15H,1H3. The fourth-order valence-electron chi connectivity index (χ4n) is 2.43. The smallest absolute Gasteiger partial charge is 0.0557 e. The Hall–Kier alpha value is -2.05. The third kappa shape index (κ3) is 3.17. The Morgan fingerprint density at radius 3 is 1.38 bits per heavy atom. The van der Waals surface area contributed by atoms with Crippen molar-refractivity contribution < 1.29 is 0 Å². The zero-order valence-electron chi connectivity index (χ0n) is 12.0. The molecule has 3 rings (SSSR count). The molecule has 0 aliphatic rings. The van der Waals surface area contributed by atoms with Gasteiger partial charge < -0.3 is 0 Å². The zero-order valence-corrected chi connectivity index (χ0v) is 12.7. The minimum atomic E-state index is 0.0551. The summed E-state index contributed by atoms with van der Waals surface area (Å²) >= 11 is 6.09. The summed E-state index contributed by atoms with van der Waals surface area (Å²) in [5.41, 5.74) is 6.08. The van der Waals surface area contributed by atoms with Crippen LogP contribution in [-0.4, -0.2) is 0 Å². The van der Waals surface area contributed by atoms with Crippen molar-refractivity contribution in [2.75, 3.05) is 0 Å². The Morgan fingerprint density at radius 2 is 0.952 bits per heavy atom. The summed E-state index contributed by atoms with van der Waals surface area (Å²) in [5.74, 6) is 0. The van der Waals surface area contributed by atoms with Crippen LogP contribution in [0.3, 0.4) is 0 Å². The molecule has 0 heterocycles. The summed E-state index contributed by atoms with van der Waals surface area (Å²) in [6, 6.07) is 27.6. The van der Waals surface area contributed by atoms with E-state index in [2.05, 4.69) is 72.8 Å². The second-order valence-corrected chi connectivity index (χ2v) is 5.84. The second-order valence-electron chi connectivity index (χ2n) is 5.18. The van der Waals surface area contributed by atoms with E-state index >= 15 is 0 Å². The molecule has 3 aromatic carbocycles. The van der Waals surface area contributed by atoms with Crippen molar-refractivity contribution in [2.45, 2.75) is 12.3 Å². The van der Waals surface area contributed by atoms with Gasteiger partial charge in [-0.25, -0.2) is 0 Å². The molecule has 1 heteroatoms. The molecule has 0 bridgehead atoms. The minimum absolute atomic E-state index is 0.0551. The van der Waals surface area contributed by atoms with Gasteiger partial charge >= 0.3 is 0 Å². The van der Waals surface area contributed by atoms with Gasteiger partial charge in [0, 0.05) is 0 Å². The van der Waals surface area contributed by atoms with Crippen molar-refractivity contribution in [1.82, 2.24) is 0 Å². The molecule has 0 spiro atoms. The van der Waals surface area contributed by atoms with Gasteiger partial charge in [-0.05, 0) is 34.7 Å². The van der Waals surface area contributed by atoms with Gasteiger partial charge in [0.05, 0.1) is 5.38 Å². The fourth-order valence-corrected chi connectivity index (χ4v) is 2.57. The van der Waals surface area contributed by atoms with E-state index in [0.717, 1.165) is 5.56 Å². The largest absolute Gasteiger partial charge is 0.118 e. The molecule has 0 aliphatic heterocycles. The Labute approximate surface area is 131 Å². The summed E-state index contributed by atoms with van der Waals surface area (Å²) in [5, 5.41) is 0.0551. The van der Waals surface area contributed by atoms with E-state index in [9.17, 15) is 0 Å². The number of rotatable bonds is 3. The summed E-state index contributed by atoms with van der Waals surface area (Å²) in [6.07, 6.45) is 0. The molecular weight excluding hydrogens is 276 g/mol. The normalized spacial score (nSPS) is 12.1. The highest BCUT2D eigenvalue weighted by Gasteiger charge is 2.03. The molecule has 0 aliphatic carbocycles. The number of hydrogen-bond acceptors (Lipinski definition) is 0. The van der Waals surface area contributed by atoms with Gasteiger partial charge in [-0.2, -0.15) is 0 Å². The Balaban J connectivity index is 1.87. The molecule has 1 atom stereocenters. The summed E-state index contributed by atoms with van der Waals surface area (Å²) in [7, 11) is 0. The quantitative estimate of drug-likeness (QED) is 0.495. The van der Waals surface area contributed by atoms with Crippen LogP contribution in [-0.2, 0) is 0 Å². The van der Waals surface area contributed by atoms with Crippen molar-refractivity contribution in [3.05, 3.63) is 84.4 Å². The van der Waals surface area contributed by atoms with E-state index in [0.29, 0.717) is 0 Å². The van der Waals surface area contributed by atoms with Crippen LogP contribution in [0.5, 0.6) is 0 Å². The topological polar surface area (TPSA) is 0 Å². The predicted octanol–water partition coefficient (Wildman–Crippen LogP) is 6.32. The second kappa shape index (κ2) is 6.15. The monoisotopic (exact) mass is 292 g/mol. The average Bonchev–Trinajstić information content (AvgIpc) is 2.56. The lowest BCUT2D eigenvalue weighted by atomic mass is 9.99. The maximum absolute atomic E-state index is 6.09. The molecule has 0 aromatic heterocycles. The molecule has 0 fully saturated rings. The van der Waals surface area contributed by atoms with Crippen LogP contribution in [0.2, 0.25) is 0 Å². The highest BCUT2D eigenvalue weighted by atomic mass is 35.5. The van der Waals surface area contributed by atoms with Crippen LogP contribution in [0, 0.1) is 0 Å². The maximum Gasteiger partial charge on any atom is 0.0557 e. The maximum atomic E-state index is 6.09. The molecule has 0 nitrogen and oxygen atoms in total. The lowest BCUT2D eigenvalue weighted by Crippen LogP contribution is -1.85. The SMILES string of the molecule is CC(Cl)c1ccc(-c2ccc(-c3ccccc3)cc2)cc1. The number of alkyl halides is 1. The van der Waals surface area contributed by atoms with Crippen LogP contribution >= 0.6 is 11.6 Å². The van der Waals surface area contributed by atoms with Gasteiger partial charge in [-0.1, -0.05) is 78.9 Å². The molecule has 1 unspecified atom stereocenters. The minimum Gasteiger partial charge on any atom is -0.118 e. The molecular formula is C20H17Cl. The van der Waals surface area contributed by atoms with Crippen molar-refractivity contribution in [3.8, 4) is 22.3 Å². The molecule has 0 saturated carbocycles. The van der Waals surface area contributed by atoms with Crippen LogP contribution in [0.4, 0.5) is 0 Å². The van der Waals surface area contributed by atoms with Gasteiger partial charge in [0.25, 0.3) is 0 Å². The Kier molecular flexibility index (Phi) is 4.08. The van der Waals surface area contributed by atoms with Crippen molar-refractivity contribution >= 4 is 11.6 Å². The van der Waals surface area contributed by atoms with E-state index in [1.807, 2.05) is 13.0 Å². The van der Waals surface area contributed by atoms with E-state index in [1.165, 1.54) is 22.3 Å². The van der Waals surface area contributed by atoms with Crippen molar-refractivity contribution in [2.24, 2.45) is 0 Å². The van der Waals surface area contributed by atoms with Gasteiger partial charge in [-0.15, -0.1) is 11.6 Å². The van der Waals surface area contributed by atoms with Crippen molar-refractivity contribution in [3.63, 3.8) is 0 Å². The first kappa shape index (κ1) is 13.9. The molecule has 0 amide bonds. The van der Waals surface area contributed by atoms with Gasteiger partial charge in [0.2, 0.25) is 0 Å². The lowest BCUT2D eigenvalue weighted by Gasteiger charge is -2.07. The van der Waals surface area contributed by atoms with Crippen LogP contribution in [0.25, 0.3) is 22.3 Å². The summed E-state index contributed by atoms with van der Waals surface area (Å²) in [4.78, 5) is 0. The number of benzene rings is 3. The van der Waals surface area contributed by atoms with Crippen LogP contribution in [0.15, 0.2) is 78.9 Å². The first-order valence-corrected chi connectivity index (χ1v) is 7.57. The third-order valence-electron chi connectivity index (χ3n) is 3.70. The molecule has 0 saturated heterocycles. The molecule has 3 aromatic rings. The molecule has 21 heavy (non-hydrogen) atoms. The Bertz CT molecular complexity index is 695. The van der Waals surface area contributed by atoms with E-state index < -0.39 is 0 Å². The highest BCUT2D eigenvalue weighted by molar-refractivity contribution is 6.20. The van der Waals surface area contributed by atoms with Gasteiger partial charge in [0.15, 0.2) is 0 Å². The van der Waals surface area contributed by atoms with Crippen LogP contribution < -0.4 is 0 Å². The molecule has 104 valence electrons. The zero-order chi connectivity index (χ0) is 14.7. The fraction of sp³-hybridized carbons (Fsp3) is 0.100. The molecule has 0 radical (unpaired) electrons. The van der Waals surface area contributed by atoms with E-state index in [-0.39, 0.29) is 5.38 Å². The van der Waals surface area contributed by atoms with Gasteiger partial charge in [0.1, 0.15) is 0 Å². The summed E-state index contributed by atoms with van der Waals surface area (Å²) < 4.78 is 0. The van der Waals surface area contributed by atoms with Crippen LogP contribution in [0.1, 0.15) is 17.9 Å². The van der Waals surface area contributed by atoms with E-state index in [4.69, 9.17) is 11.6 Å². The predicted molar refractivity (Wildman–Crippen MR) is 91.6 cm³/mol. The number of hydrogen-bond donors (Lipinski definition) is 0. The number of halogens is 1. The average molecular weight is 293 g/mol. The van der Waals surface area contributed by atoms with Crippen molar-refractivity contribution in [1.29, 1.82) is 0 Å². The first-order valence-electron chi connectivity index (χ1n) is 7.14. The molecule has 0 N–H and O–H groups in total. The first-order chi connectivity index (χ1) is 10.2. The van der Waals surface area contributed by atoms with Gasteiger partial charge in [-0.3, -0.25) is 0 Å².